The number of sulfonamides is 1. The first-order valence-electron chi connectivity index (χ1n) is 8.55. The molecule has 0 bridgehead atoms. The normalized spacial score (nSPS) is 29.0. The van der Waals surface area contributed by atoms with Gasteiger partial charge < -0.3 is 14.9 Å². The first-order chi connectivity index (χ1) is 12.7. The summed E-state index contributed by atoms with van der Waals surface area (Å²) in [4.78, 5) is -0.0743. The van der Waals surface area contributed by atoms with Crippen molar-refractivity contribution in [2.45, 2.75) is 48.6 Å². The summed E-state index contributed by atoms with van der Waals surface area (Å²) < 4.78 is 45.9. The SMILES string of the molecule is CC[C@H]1O[C@@H](c2ccc(F)cc2)C[C@@](O)(CNS(=O)(=O)c2cn[nH]c2)[C@@H]1O. The van der Waals surface area contributed by atoms with E-state index in [2.05, 4.69) is 14.9 Å². The number of hydrogen-bond donors (Lipinski definition) is 4. The second-order valence-electron chi connectivity index (χ2n) is 6.63. The number of aliphatic hydroxyl groups is 2. The van der Waals surface area contributed by atoms with Gasteiger partial charge in [-0.05, 0) is 24.1 Å². The molecule has 1 aromatic carbocycles. The number of aromatic amines is 1. The fraction of sp³-hybridized carbons (Fsp3) is 0.471. The lowest BCUT2D eigenvalue weighted by Crippen LogP contribution is -2.60. The lowest BCUT2D eigenvalue weighted by atomic mass is 9.81. The van der Waals surface area contributed by atoms with Crippen LogP contribution in [0.15, 0.2) is 41.6 Å². The molecule has 0 aliphatic carbocycles. The van der Waals surface area contributed by atoms with E-state index in [0.29, 0.717) is 12.0 Å². The van der Waals surface area contributed by atoms with E-state index in [1.807, 2.05) is 0 Å². The minimum atomic E-state index is -3.90. The Hall–Kier alpha value is -1.85. The number of aliphatic hydroxyl groups excluding tert-OH is 1. The molecule has 2 aromatic rings. The third kappa shape index (κ3) is 4.19. The summed E-state index contributed by atoms with van der Waals surface area (Å²) >= 11 is 0. The zero-order chi connectivity index (χ0) is 19.7. The number of nitrogens with zero attached hydrogens (tertiary/aromatic N) is 1. The quantitative estimate of drug-likeness (QED) is 0.571. The van der Waals surface area contributed by atoms with Crippen LogP contribution >= 0.6 is 0 Å². The molecule has 1 saturated heterocycles. The van der Waals surface area contributed by atoms with E-state index in [4.69, 9.17) is 4.74 Å². The standard InChI is InChI=1S/C17H22FN3O5S/c1-2-14-16(22)17(23,10-21-27(24,25)13-8-19-20-9-13)7-15(26-14)11-3-5-12(18)6-4-11/h3-6,8-9,14-16,21-23H,2,7,10H2,1H3,(H,19,20)/t14-,15-,16-,17-/m1/s1. The molecule has 0 amide bonds. The monoisotopic (exact) mass is 399 g/mol. The Morgan fingerprint density at radius 2 is 2.11 bits per heavy atom. The average Bonchev–Trinajstić information content (AvgIpc) is 3.19. The van der Waals surface area contributed by atoms with Crippen molar-refractivity contribution in [3.05, 3.63) is 48.0 Å². The van der Waals surface area contributed by atoms with Gasteiger partial charge in [0.1, 0.15) is 22.4 Å². The lowest BCUT2D eigenvalue weighted by molar-refractivity contribution is -0.215. The molecule has 10 heteroatoms. The number of ether oxygens (including phenoxy) is 1. The molecule has 0 radical (unpaired) electrons. The fourth-order valence-corrected chi connectivity index (χ4v) is 4.19. The Morgan fingerprint density at radius 1 is 1.41 bits per heavy atom. The van der Waals surface area contributed by atoms with Gasteiger partial charge in [0.25, 0.3) is 0 Å². The van der Waals surface area contributed by atoms with Crippen LogP contribution in [0.1, 0.15) is 31.4 Å². The topological polar surface area (TPSA) is 125 Å². The Labute approximate surface area is 156 Å². The summed E-state index contributed by atoms with van der Waals surface area (Å²) in [6.45, 7) is 1.39. The van der Waals surface area contributed by atoms with E-state index in [0.717, 1.165) is 6.20 Å². The smallest absolute Gasteiger partial charge is 0.243 e. The van der Waals surface area contributed by atoms with Gasteiger partial charge in [-0.3, -0.25) is 5.10 Å². The van der Waals surface area contributed by atoms with E-state index in [1.165, 1.54) is 18.3 Å². The van der Waals surface area contributed by atoms with Gasteiger partial charge in [-0.1, -0.05) is 19.1 Å². The van der Waals surface area contributed by atoms with Crippen LogP contribution < -0.4 is 4.72 Å². The van der Waals surface area contributed by atoms with Crippen molar-refractivity contribution in [1.82, 2.24) is 14.9 Å². The van der Waals surface area contributed by atoms with Crippen molar-refractivity contribution in [2.24, 2.45) is 0 Å². The van der Waals surface area contributed by atoms with Crippen LogP contribution in [0.25, 0.3) is 0 Å². The highest BCUT2D eigenvalue weighted by Crippen LogP contribution is 2.38. The van der Waals surface area contributed by atoms with E-state index >= 15 is 0 Å². The molecule has 1 aromatic heterocycles. The second kappa shape index (κ2) is 7.64. The van der Waals surface area contributed by atoms with Crippen LogP contribution in [0.5, 0.6) is 0 Å². The summed E-state index contributed by atoms with van der Waals surface area (Å²) in [6.07, 6.45) is 0.122. The second-order valence-corrected chi connectivity index (χ2v) is 8.40. The Kier molecular flexibility index (Phi) is 5.63. The molecule has 1 aliphatic heterocycles. The molecule has 1 aliphatic rings. The summed E-state index contributed by atoms with van der Waals surface area (Å²) in [6, 6.07) is 5.65. The van der Waals surface area contributed by atoms with E-state index in [1.54, 1.807) is 19.1 Å². The first-order valence-corrected chi connectivity index (χ1v) is 10.0. The Balaban J connectivity index is 1.81. The highest BCUT2D eigenvalue weighted by Gasteiger charge is 2.48. The Bertz CT molecular complexity index is 859. The van der Waals surface area contributed by atoms with E-state index in [9.17, 15) is 23.0 Å². The maximum absolute atomic E-state index is 13.2. The van der Waals surface area contributed by atoms with Crippen LogP contribution in [0, 0.1) is 5.82 Å². The molecule has 0 saturated carbocycles. The van der Waals surface area contributed by atoms with Crippen molar-refractivity contribution >= 4 is 10.0 Å². The largest absolute Gasteiger partial charge is 0.387 e. The molecule has 4 N–H and O–H groups in total. The van der Waals surface area contributed by atoms with Crippen LogP contribution in [0.2, 0.25) is 0 Å². The van der Waals surface area contributed by atoms with Crippen LogP contribution in [0.3, 0.4) is 0 Å². The van der Waals surface area contributed by atoms with Crippen molar-refractivity contribution in [1.29, 1.82) is 0 Å². The predicted octanol–water partition coefficient (Wildman–Crippen LogP) is 0.859. The van der Waals surface area contributed by atoms with Crippen molar-refractivity contribution in [3.63, 3.8) is 0 Å². The van der Waals surface area contributed by atoms with Crippen molar-refractivity contribution in [3.8, 4) is 0 Å². The molecule has 2 heterocycles. The molecule has 148 valence electrons. The number of hydrogen-bond acceptors (Lipinski definition) is 6. The number of H-pyrrole nitrogens is 1. The average molecular weight is 399 g/mol. The number of aromatic nitrogens is 2. The molecule has 4 atom stereocenters. The molecule has 0 spiro atoms. The third-order valence-electron chi connectivity index (χ3n) is 4.78. The number of halogens is 1. The van der Waals surface area contributed by atoms with Gasteiger partial charge in [-0.15, -0.1) is 0 Å². The number of rotatable bonds is 6. The number of nitrogens with one attached hydrogen (secondary N) is 2. The molecule has 8 nitrogen and oxygen atoms in total. The van der Waals surface area contributed by atoms with E-state index in [-0.39, 0.29) is 11.3 Å². The van der Waals surface area contributed by atoms with Crippen molar-refractivity contribution in [2.75, 3.05) is 6.54 Å². The molecule has 1 fully saturated rings. The van der Waals surface area contributed by atoms with Crippen molar-refractivity contribution < 1.29 is 27.8 Å². The first kappa shape index (κ1) is 19.9. The maximum Gasteiger partial charge on any atom is 0.243 e. The highest BCUT2D eigenvalue weighted by atomic mass is 32.2. The highest BCUT2D eigenvalue weighted by molar-refractivity contribution is 7.89. The van der Waals surface area contributed by atoms with Crippen LogP contribution in [-0.2, 0) is 14.8 Å². The van der Waals surface area contributed by atoms with Gasteiger partial charge in [0.05, 0.1) is 18.4 Å². The molecular formula is C17H22FN3O5S. The van der Waals surface area contributed by atoms with E-state index < -0.39 is 46.3 Å². The number of benzene rings is 1. The van der Waals surface area contributed by atoms with Crippen LogP contribution in [-0.4, -0.2) is 53.2 Å². The van der Waals surface area contributed by atoms with Crippen LogP contribution in [0.4, 0.5) is 4.39 Å². The fourth-order valence-electron chi connectivity index (χ4n) is 3.18. The van der Waals surface area contributed by atoms with Gasteiger partial charge in [-0.2, -0.15) is 5.10 Å². The minimum Gasteiger partial charge on any atom is -0.387 e. The van der Waals surface area contributed by atoms with Gasteiger partial charge in [-0.25, -0.2) is 17.5 Å². The zero-order valence-corrected chi connectivity index (χ0v) is 15.5. The summed E-state index contributed by atoms with van der Waals surface area (Å²) in [5.41, 5.74) is -1.12. The summed E-state index contributed by atoms with van der Waals surface area (Å²) in [7, 11) is -3.90. The predicted molar refractivity (Wildman–Crippen MR) is 93.7 cm³/mol. The zero-order valence-electron chi connectivity index (χ0n) is 14.7. The maximum atomic E-state index is 13.2. The molecule has 27 heavy (non-hydrogen) atoms. The van der Waals surface area contributed by atoms with Gasteiger partial charge in [0.2, 0.25) is 10.0 Å². The summed E-state index contributed by atoms with van der Waals surface area (Å²) in [5.74, 6) is -0.398. The molecule has 3 rings (SSSR count). The lowest BCUT2D eigenvalue weighted by Gasteiger charge is -2.45. The third-order valence-corrected chi connectivity index (χ3v) is 6.14. The molecule has 0 unspecified atom stereocenters. The van der Waals surface area contributed by atoms with Gasteiger partial charge >= 0.3 is 0 Å². The minimum absolute atomic E-state index is 0.0514. The van der Waals surface area contributed by atoms with Gasteiger partial charge in [0, 0.05) is 19.2 Å². The Morgan fingerprint density at radius 3 is 2.70 bits per heavy atom. The summed E-state index contributed by atoms with van der Waals surface area (Å²) in [5, 5.41) is 27.6. The molecular weight excluding hydrogens is 377 g/mol. The van der Waals surface area contributed by atoms with Gasteiger partial charge in [0.15, 0.2) is 0 Å².